The summed E-state index contributed by atoms with van der Waals surface area (Å²) in [5.41, 5.74) is 4.70. The van der Waals surface area contributed by atoms with Gasteiger partial charge in [0.05, 0.1) is 5.69 Å². The Morgan fingerprint density at radius 1 is 1.08 bits per heavy atom. The number of rotatable bonds is 4. The van der Waals surface area contributed by atoms with Crippen molar-refractivity contribution in [3.05, 3.63) is 66.2 Å². The summed E-state index contributed by atoms with van der Waals surface area (Å²) < 4.78 is 1.74. The van der Waals surface area contributed by atoms with Crippen LogP contribution in [0.1, 0.15) is 11.1 Å². The van der Waals surface area contributed by atoms with E-state index in [2.05, 4.69) is 32.2 Å². The molecule has 0 N–H and O–H groups in total. The lowest BCUT2D eigenvalue weighted by Gasteiger charge is -2.03. The number of pyridine rings is 1. The van der Waals surface area contributed by atoms with Crippen molar-refractivity contribution in [3.8, 4) is 5.69 Å². The zero-order chi connectivity index (χ0) is 16.4. The first-order valence-corrected chi connectivity index (χ1v) is 8.45. The summed E-state index contributed by atoms with van der Waals surface area (Å²) in [5, 5.41) is 9.35. The highest BCUT2D eigenvalue weighted by Crippen LogP contribution is 2.26. The van der Waals surface area contributed by atoms with Gasteiger partial charge in [-0.1, -0.05) is 40.7 Å². The summed E-state index contributed by atoms with van der Waals surface area (Å²) in [6.45, 7) is 2.05. The SMILES string of the molecule is Cc1ccc(-n2nnc3c(SCc4cccnc4)ncnc32)cc1. The lowest BCUT2D eigenvalue weighted by Crippen LogP contribution is -1.98. The van der Waals surface area contributed by atoms with Crippen molar-refractivity contribution in [2.45, 2.75) is 17.7 Å². The van der Waals surface area contributed by atoms with Crippen LogP contribution in [-0.4, -0.2) is 29.9 Å². The van der Waals surface area contributed by atoms with E-state index in [1.165, 1.54) is 5.56 Å². The number of hydrogen-bond acceptors (Lipinski definition) is 6. The molecule has 6 nitrogen and oxygen atoms in total. The van der Waals surface area contributed by atoms with E-state index in [-0.39, 0.29) is 0 Å². The molecule has 0 bridgehead atoms. The number of nitrogens with zero attached hydrogens (tertiary/aromatic N) is 6. The third-order valence-electron chi connectivity index (χ3n) is 3.58. The van der Waals surface area contributed by atoms with E-state index in [4.69, 9.17) is 0 Å². The highest BCUT2D eigenvalue weighted by molar-refractivity contribution is 7.98. The number of aromatic nitrogens is 6. The second kappa shape index (κ2) is 6.37. The van der Waals surface area contributed by atoms with Crippen molar-refractivity contribution in [2.75, 3.05) is 0 Å². The molecule has 0 atom stereocenters. The van der Waals surface area contributed by atoms with Gasteiger partial charge in [0.1, 0.15) is 11.4 Å². The zero-order valence-electron chi connectivity index (χ0n) is 13.0. The lowest BCUT2D eigenvalue weighted by atomic mass is 10.2. The van der Waals surface area contributed by atoms with Crippen molar-refractivity contribution >= 4 is 22.9 Å². The molecule has 3 heterocycles. The molecule has 0 unspecified atom stereocenters. The molecule has 0 aliphatic heterocycles. The molecule has 0 saturated heterocycles. The topological polar surface area (TPSA) is 69.4 Å². The number of thioether (sulfide) groups is 1. The lowest BCUT2D eigenvalue weighted by molar-refractivity contribution is 0.816. The summed E-state index contributed by atoms with van der Waals surface area (Å²) >= 11 is 1.61. The van der Waals surface area contributed by atoms with Gasteiger partial charge in [0, 0.05) is 18.1 Å². The summed E-state index contributed by atoms with van der Waals surface area (Å²) in [6, 6.07) is 12.1. The van der Waals surface area contributed by atoms with E-state index in [0.29, 0.717) is 11.2 Å². The van der Waals surface area contributed by atoms with Crippen LogP contribution in [0, 0.1) is 6.92 Å². The van der Waals surface area contributed by atoms with Crippen LogP contribution < -0.4 is 0 Å². The van der Waals surface area contributed by atoms with Crippen LogP contribution in [0.4, 0.5) is 0 Å². The second-order valence-electron chi connectivity index (χ2n) is 5.34. The molecule has 4 rings (SSSR count). The zero-order valence-corrected chi connectivity index (χ0v) is 13.8. The summed E-state index contributed by atoms with van der Waals surface area (Å²) in [4.78, 5) is 12.8. The van der Waals surface area contributed by atoms with Gasteiger partial charge in [0.2, 0.25) is 0 Å². The first-order chi connectivity index (χ1) is 11.8. The molecule has 1 aromatic carbocycles. The van der Waals surface area contributed by atoms with E-state index in [1.807, 2.05) is 42.6 Å². The Kier molecular flexibility index (Phi) is 3.92. The van der Waals surface area contributed by atoms with Crippen molar-refractivity contribution in [1.82, 2.24) is 29.9 Å². The first kappa shape index (κ1) is 14.8. The van der Waals surface area contributed by atoms with Crippen LogP contribution in [0.5, 0.6) is 0 Å². The monoisotopic (exact) mass is 334 g/mol. The van der Waals surface area contributed by atoms with E-state index in [0.717, 1.165) is 22.0 Å². The van der Waals surface area contributed by atoms with Crippen molar-refractivity contribution in [1.29, 1.82) is 0 Å². The Hall–Kier alpha value is -2.80. The predicted octanol–water partition coefficient (Wildman–Crippen LogP) is 3.21. The molecule has 0 spiro atoms. The fraction of sp³-hybridized carbons (Fsp3) is 0.118. The van der Waals surface area contributed by atoms with Gasteiger partial charge < -0.3 is 0 Å². The molecule has 24 heavy (non-hydrogen) atoms. The van der Waals surface area contributed by atoms with Crippen molar-refractivity contribution in [3.63, 3.8) is 0 Å². The average molecular weight is 334 g/mol. The average Bonchev–Trinajstić information content (AvgIpc) is 3.06. The highest BCUT2D eigenvalue weighted by atomic mass is 32.2. The molecule has 0 aliphatic carbocycles. The molecular formula is C17H14N6S. The molecule has 0 radical (unpaired) electrons. The van der Waals surface area contributed by atoms with Crippen LogP contribution in [0.25, 0.3) is 16.9 Å². The molecule has 0 aliphatic rings. The third kappa shape index (κ3) is 2.85. The van der Waals surface area contributed by atoms with Gasteiger partial charge in [0.15, 0.2) is 11.2 Å². The minimum Gasteiger partial charge on any atom is -0.264 e. The minimum atomic E-state index is 0.711. The fourth-order valence-corrected chi connectivity index (χ4v) is 3.19. The van der Waals surface area contributed by atoms with Gasteiger partial charge >= 0.3 is 0 Å². The first-order valence-electron chi connectivity index (χ1n) is 7.46. The van der Waals surface area contributed by atoms with Crippen LogP contribution in [0.15, 0.2) is 60.1 Å². The normalized spacial score (nSPS) is 11.0. The Morgan fingerprint density at radius 3 is 2.75 bits per heavy atom. The maximum Gasteiger partial charge on any atom is 0.187 e. The molecule has 0 fully saturated rings. The summed E-state index contributed by atoms with van der Waals surface area (Å²) in [7, 11) is 0. The van der Waals surface area contributed by atoms with Crippen LogP contribution in [0.2, 0.25) is 0 Å². The van der Waals surface area contributed by atoms with Gasteiger partial charge in [-0.3, -0.25) is 4.98 Å². The maximum absolute atomic E-state index is 4.36. The molecule has 0 saturated carbocycles. The van der Waals surface area contributed by atoms with Crippen LogP contribution in [-0.2, 0) is 5.75 Å². The minimum absolute atomic E-state index is 0.711. The number of hydrogen-bond donors (Lipinski definition) is 0. The number of fused-ring (bicyclic) bond motifs is 1. The predicted molar refractivity (Wildman–Crippen MR) is 93.0 cm³/mol. The maximum atomic E-state index is 4.36. The largest absolute Gasteiger partial charge is 0.264 e. The highest BCUT2D eigenvalue weighted by Gasteiger charge is 2.13. The Bertz CT molecular complexity index is 965. The quantitative estimate of drug-likeness (QED) is 0.422. The molecular weight excluding hydrogens is 320 g/mol. The van der Waals surface area contributed by atoms with Gasteiger partial charge in [-0.2, -0.15) is 4.68 Å². The molecule has 0 amide bonds. The Balaban J connectivity index is 1.67. The Labute approximate surface area is 143 Å². The fourth-order valence-electron chi connectivity index (χ4n) is 2.33. The van der Waals surface area contributed by atoms with E-state index in [1.54, 1.807) is 29.0 Å². The molecule has 7 heteroatoms. The van der Waals surface area contributed by atoms with E-state index in [9.17, 15) is 0 Å². The van der Waals surface area contributed by atoms with Crippen LogP contribution >= 0.6 is 11.8 Å². The molecule has 3 aromatic heterocycles. The van der Waals surface area contributed by atoms with Crippen LogP contribution in [0.3, 0.4) is 0 Å². The standard InChI is InChI=1S/C17H14N6S/c1-12-4-6-14(7-5-12)23-16-15(21-22-23)17(20-11-19-16)24-10-13-3-2-8-18-9-13/h2-9,11H,10H2,1H3. The summed E-state index contributed by atoms with van der Waals surface area (Å²) in [5.74, 6) is 0.775. The molecule has 118 valence electrons. The van der Waals surface area contributed by atoms with Crippen molar-refractivity contribution in [2.24, 2.45) is 0 Å². The number of aryl methyl sites for hydroxylation is 1. The second-order valence-corrected chi connectivity index (χ2v) is 6.30. The summed E-state index contributed by atoms with van der Waals surface area (Å²) in [6.07, 6.45) is 5.18. The van der Waals surface area contributed by atoms with Gasteiger partial charge in [-0.05, 0) is 30.7 Å². The number of benzene rings is 1. The van der Waals surface area contributed by atoms with Gasteiger partial charge in [0.25, 0.3) is 0 Å². The van der Waals surface area contributed by atoms with E-state index >= 15 is 0 Å². The van der Waals surface area contributed by atoms with Crippen molar-refractivity contribution < 1.29 is 0 Å². The third-order valence-corrected chi connectivity index (χ3v) is 4.63. The molecule has 4 aromatic rings. The van der Waals surface area contributed by atoms with Gasteiger partial charge in [-0.25, -0.2) is 9.97 Å². The Morgan fingerprint density at radius 2 is 1.96 bits per heavy atom. The van der Waals surface area contributed by atoms with E-state index < -0.39 is 0 Å². The smallest absolute Gasteiger partial charge is 0.187 e. The van der Waals surface area contributed by atoms with Gasteiger partial charge in [-0.15, -0.1) is 5.10 Å².